The third-order valence-electron chi connectivity index (χ3n) is 6.12. The molecule has 6 nitrogen and oxygen atoms in total. The van der Waals surface area contributed by atoms with Gasteiger partial charge in [0.05, 0.1) is 11.6 Å². The van der Waals surface area contributed by atoms with Crippen molar-refractivity contribution in [2.24, 2.45) is 0 Å². The summed E-state index contributed by atoms with van der Waals surface area (Å²) in [6.07, 6.45) is 4.13. The zero-order valence-corrected chi connectivity index (χ0v) is 17.8. The Bertz CT molecular complexity index is 891. The summed E-state index contributed by atoms with van der Waals surface area (Å²) < 4.78 is 6.17. The van der Waals surface area contributed by atoms with Crippen molar-refractivity contribution in [2.45, 2.75) is 44.4 Å². The highest BCUT2D eigenvalue weighted by Gasteiger charge is 2.21. The first-order chi connectivity index (χ1) is 15.2. The lowest BCUT2D eigenvalue weighted by atomic mass is 10.1. The van der Waals surface area contributed by atoms with Gasteiger partial charge in [-0.25, -0.2) is 0 Å². The molecule has 0 saturated carbocycles. The second-order valence-electron chi connectivity index (χ2n) is 8.42. The first-order valence-corrected chi connectivity index (χ1v) is 11.2. The van der Waals surface area contributed by atoms with Crippen LogP contribution in [-0.2, 0) is 6.54 Å². The molecule has 6 heteroatoms. The van der Waals surface area contributed by atoms with Crippen molar-refractivity contribution in [3.05, 3.63) is 65.2 Å². The fourth-order valence-corrected chi connectivity index (χ4v) is 4.24. The van der Waals surface area contributed by atoms with Gasteiger partial charge in [0.1, 0.15) is 11.9 Å². The normalized spacial score (nSPS) is 18.3. The van der Waals surface area contributed by atoms with Crippen LogP contribution < -0.4 is 15.4 Å². The van der Waals surface area contributed by atoms with Gasteiger partial charge in [0.2, 0.25) is 0 Å². The van der Waals surface area contributed by atoms with Gasteiger partial charge >= 0.3 is 0 Å². The monoisotopic (exact) mass is 418 g/mol. The molecule has 162 valence electrons. The summed E-state index contributed by atoms with van der Waals surface area (Å²) in [6, 6.07) is 17.8. The lowest BCUT2D eigenvalue weighted by Gasteiger charge is -2.32. The zero-order chi connectivity index (χ0) is 21.5. The van der Waals surface area contributed by atoms with Gasteiger partial charge in [-0.1, -0.05) is 12.1 Å². The molecular formula is C25H30N4O2. The fraction of sp³-hybridized carbons (Fsp3) is 0.440. The van der Waals surface area contributed by atoms with E-state index in [1.807, 2.05) is 48.5 Å². The maximum Gasteiger partial charge on any atom is 0.251 e. The topological polar surface area (TPSA) is 77.4 Å². The highest BCUT2D eigenvalue weighted by Crippen LogP contribution is 2.21. The van der Waals surface area contributed by atoms with Crippen LogP contribution in [0.4, 0.5) is 0 Å². The van der Waals surface area contributed by atoms with Crippen molar-refractivity contribution < 1.29 is 9.53 Å². The molecule has 2 heterocycles. The molecule has 0 aliphatic carbocycles. The second kappa shape index (κ2) is 10.4. The number of hydrogen-bond donors (Lipinski definition) is 2. The van der Waals surface area contributed by atoms with Gasteiger partial charge in [-0.2, -0.15) is 5.26 Å². The zero-order valence-electron chi connectivity index (χ0n) is 17.8. The Kier molecular flexibility index (Phi) is 7.18. The molecule has 2 fully saturated rings. The number of carbonyl (C=O) groups excluding carboxylic acids is 1. The lowest BCUT2D eigenvalue weighted by molar-refractivity contribution is 0.0928. The number of rotatable bonds is 6. The highest BCUT2D eigenvalue weighted by atomic mass is 16.5. The molecule has 0 radical (unpaired) electrons. The van der Waals surface area contributed by atoms with Crippen molar-refractivity contribution in [3.63, 3.8) is 0 Å². The summed E-state index contributed by atoms with van der Waals surface area (Å²) >= 11 is 0. The lowest BCUT2D eigenvalue weighted by Crippen LogP contribution is -2.42. The van der Waals surface area contributed by atoms with Crippen molar-refractivity contribution in [3.8, 4) is 11.8 Å². The summed E-state index contributed by atoms with van der Waals surface area (Å²) in [5, 5.41) is 15.4. The minimum Gasteiger partial charge on any atom is -0.490 e. The van der Waals surface area contributed by atoms with E-state index in [9.17, 15) is 4.79 Å². The third-order valence-corrected chi connectivity index (χ3v) is 6.12. The Hall–Kier alpha value is -2.88. The molecule has 2 aliphatic heterocycles. The van der Waals surface area contributed by atoms with Gasteiger partial charge < -0.3 is 15.4 Å². The van der Waals surface area contributed by atoms with E-state index in [4.69, 9.17) is 10.00 Å². The van der Waals surface area contributed by atoms with Crippen molar-refractivity contribution >= 4 is 5.91 Å². The Balaban J connectivity index is 1.22. The van der Waals surface area contributed by atoms with Crippen LogP contribution >= 0.6 is 0 Å². The largest absolute Gasteiger partial charge is 0.490 e. The first-order valence-electron chi connectivity index (χ1n) is 11.2. The Morgan fingerprint density at radius 3 is 2.35 bits per heavy atom. The van der Waals surface area contributed by atoms with Crippen molar-refractivity contribution in [2.75, 3.05) is 26.2 Å². The van der Waals surface area contributed by atoms with Gasteiger partial charge in [0, 0.05) is 31.2 Å². The Labute approximate surface area is 184 Å². The number of piperidine rings is 2. The molecule has 2 N–H and O–H groups in total. The van der Waals surface area contributed by atoms with Crippen LogP contribution in [-0.4, -0.2) is 49.1 Å². The summed E-state index contributed by atoms with van der Waals surface area (Å²) in [4.78, 5) is 14.9. The maximum absolute atomic E-state index is 12.4. The van der Waals surface area contributed by atoms with E-state index >= 15 is 0 Å². The number of benzene rings is 2. The first kappa shape index (κ1) is 21.4. The number of carbonyl (C=O) groups is 1. The maximum atomic E-state index is 12.4. The summed E-state index contributed by atoms with van der Waals surface area (Å²) in [5.41, 5.74) is 2.62. The minimum absolute atomic E-state index is 0.00504. The average Bonchev–Trinajstić information content (AvgIpc) is 2.82. The number of hydrogen-bond acceptors (Lipinski definition) is 5. The number of amides is 1. The average molecular weight is 419 g/mol. The molecule has 2 saturated heterocycles. The molecule has 4 rings (SSSR count). The highest BCUT2D eigenvalue weighted by molar-refractivity contribution is 5.94. The van der Waals surface area contributed by atoms with Crippen LogP contribution in [0.5, 0.6) is 5.75 Å². The van der Waals surface area contributed by atoms with Crippen LogP contribution in [0.1, 0.15) is 47.2 Å². The molecule has 2 aliphatic rings. The number of ether oxygens (including phenoxy) is 1. The number of nitrogens with zero attached hydrogens (tertiary/aromatic N) is 2. The Morgan fingerprint density at radius 1 is 1.03 bits per heavy atom. The van der Waals surface area contributed by atoms with E-state index in [0.29, 0.717) is 11.1 Å². The SMILES string of the molecule is N#Cc1ccc(CN2CCC(Oc3ccc(C(=O)NC4CCNCC4)cc3)CC2)cc1. The predicted molar refractivity (Wildman–Crippen MR) is 120 cm³/mol. The van der Waals surface area contributed by atoms with Crippen LogP contribution in [0.15, 0.2) is 48.5 Å². The van der Waals surface area contributed by atoms with Gasteiger partial charge in [-0.3, -0.25) is 9.69 Å². The van der Waals surface area contributed by atoms with Crippen molar-refractivity contribution in [1.29, 1.82) is 5.26 Å². The number of nitrogens with one attached hydrogen (secondary N) is 2. The van der Waals surface area contributed by atoms with Crippen LogP contribution in [0, 0.1) is 11.3 Å². The number of nitriles is 1. The molecule has 0 unspecified atom stereocenters. The predicted octanol–water partition coefficient (Wildman–Crippen LogP) is 3.08. The van der Waals surface area contributed by atoms with E-state index in [-0.39, 0.29) is 18.1 Å². The molecule has 0 aromatic heterocycles. The van der Waals surface area contributed by atoms with Gasteiger partial charge in [0.15, 0.2) is 0 Å². The van der Waals surface area contributed by atoms with Gasteiger partial charge in [-0.15, -0.1) is 0 Å². The number of likely N-dealkylation sites (tertiary alicyclic amines) is 1. The van der Waals surface area contributed by atoms with E-state index in [1.54, 1.807) is 0 Å². The second-order valence-corrected chi connectivity index (χ2v) is 8.42. The van der Waals surface area contributed by atoms with E-state index < -0.39 is 0 Å². The van der Waals surface area contributed by atoms with Crippen LogP contribution in [0.25, 0.3) is 0 Å². The smallest absolute Gasteiger partial charge is 0.251 e. The van der Waals surface area contributed by atoms with Crippen molar-refractivity contribution in [1.82, 2.24) is 15.5 Å². The third kappa shape index (κ3) is 6.06. The molecule has 1 amide bonds. The van der Waals surface area contributed by atoms with E-state index in [1.165, 1.54) is 5.56 Å². The van der Waals surface area contributed by atoms with Gasteiger partial charge in [0.25, 0.3) is 5.91 Å². The standard InChI is InChI=1S/C25H30N4O2/c26-17-19-1-3-20(4-2-19)18-29-15-11-24(12-16-29)31-23-7-5-21(6-8-23)25(30)28-22-9-13-27-14-10-22/h1-8,22,24,27H,9-16,18H2,(H,28,30). The quantitative estimate of drug-likeness (QED) is 0.754. The molecule has 0 bridgehead atoms. The fourth-order valence-electron chi connectivity index (χ4n) is 4.24. The Morgan fingerprint density at radius 2 is 1.71 bits per heavy atom. The minimum atomic E-state index is -0.00504. The molecule has 2 aromatic rings. The van der Waals surface area contributed by atoms with E-state index in [2.05, 4.69) is 21.6 Å². The van der Waals surface area contributed by atoms with Crippen LogP contribution in [0.3, 0.4) is 0 Å². The molecular weight excluding hydrogens is 388 g/mol. The van der Waals surface area contributed by atoms with E-state index in [0.717, 1.165) is 64.2 Å². The summed E-state index contributed by atoms with van der Waals surface area (Å²) in [7, 11) is 0. The molecule has 0 atom stereocenters. The van der Waals surface area contributed by atoms with Crippen LogP contribution in [0.2, 0.25) is 0 Å². The van der Waals surface area contributed by atoms with Gasteiger partial charge in [-0.05, 0) is 80.7 Å². The molecule has 31 heavy (non-hydrogen) atoms. The molecule has 0 spiro atoms. The molecule has 2 aromatic carbocycles. The summed E-state index contributed by atoms with van der Waals surface area (Å²) in [5.74, 6) is 0.818. The summed E-state index contributed by atoms with van der Waals surface area (Å²) in [6.45, 7) is 4.80.